The number of aryl methyl sites for hydroxylation is 1. The molecule has 1 unspecified atom stereocenters. The van der Waals surface area contributed by atoms with Gasteiger partial charge in [-0.05, 0) is 44.4 Å². The Balaban J connectivity index is 0.00000180. The van der Waals surface area contributed by atoms with Crippen LogP contribution in [0.2, 0.25) is 0 Å². The van der Waals surface area contributed by atoms with Gasteiger partial charge >= 0.3 is 0 Å². The average molecular weight is 285 g/mol. The summed E-state index contributed by atoms with van der Waals surface area (Å²) in [4.78, 5) is 14.2. The summed E-state index contributed by atoms with van der Waals surface area (Å²) in [6.07, 6.45) is 2.07. The average Bonchev–Trinajstić information content (AvgIpc) is 2.41. The highest BCUT2D eigenvalue weighted by Gasteiger charge is 2.25. The van der Waals surface area contributed by atoms with Gasteiger partial charge in [-0.2, -0.15) is 0 Å². The fourth-order valence-electron chi connectivity index (χ4n) is 2.43. The van der Waals surface area contributed by atoms with Gasteiger partial charge in [-0.25, -0.2) is 0 Å². The molecule has 0 radical (unpaired) electrons. The maximum Gasteiger partial charge on any atom is 0.257 e. The number of rotatable bonds is 2. The van der Waals surface area contributed by atoms with Crippen molar-refractivity contribution >= 4 is 18.3 Å². The minimum atomic E-state index is -0.0886. The monoisotopic (exact) mass is 284 g/mol. The molecule has 3 N–H and O–H groups in total. The van der Waals surface area contributed by atoms with Crippen molar-refractivity contribution < 1.29 is 9.90 Å². The van der Waals surface area contributed by atoms with Crippen LogP contribution >= 0.6 is 12.4 Å². The first kappa shape index (κ1) is 15.8. The number of halogens is 1. The summed E-state index contributed by atoms with van der Waals surface area (Å²) in [6.45, 7) is 3.98. The minimum Gasteiger partial charge on any atom is -0.507 e. The number of amides is 1. The first-order valence-corrected chi connectivity index (χ1v) is 6.40. The number of nitrogens with zero attached hydrogens (tertiary/aromatic N) is 1. The van der Waals surface area contributed by atoms with E-state index >= 15 is 0 Å². The zero-order valence-electron chi connectivity index (χ0n) is 11.1. The Hall–Kier alpha value is -1.26. The number of likely N-dealkylation sites (tertiary alicyclic amines) is 1. The quantitative estimate of drug-likeness (QED) is 0.872. The Labute approximate surface area is 120 Å². The summed E-state index contributed by atoms with van der Waals surface area (Å²) in [5.74, 6) is 0.351. The number of hydrogen-bond donors (Lipinski definition) is 2. The number of benzene rings is 1. The molecule has 1 heterocycles. The Morgan fingerprint density at radius 3 is 2.95 bits per heavy atom. The number of hydrogen-bond acceptors (Lipinski definition) is 3. The second-order valence-electron chi connectivity index (χ2n) is 5.02. The molecule has 0 spiro atoms. The number of nitrogens with two attached hydrogens (primary N) is 1. The highest BCUT2D eigenvalue weighted by Crippen LogP contribution is 2.23. The SMILES string of the molecule is Cc1ccc(O)c(C(=O)N2CCCC(CN)C2)c1.Cl. The van der Waals surface area contributed by atoms with Gasteiger partial charge in [-0.15, -0.1) is 12.4 Å². The lowest BCUT2D eigenvalue weighted by Gasteiger charge is -2.32. The molecule has 0 bridgehead atoms. The molecule has 19 heavy (non-hydrogen) atoms. The van der Waals surface area contributed by atoms with Crippen LogP contribution in [0.25, 0.3) is 0 Å². The van der Waals surface area contributed by atoms with E-state index in [4.69, 9.17) is 5.73 Å². The molecule has 5 heteroatoms. The van der Waals surface area contributed by atoms with Gasteiger partial charge in [0.05, 0.1) is 5.56 Å². The number of piperidine rings is 1. The van der Waals surface area contributed by atoms with Crippen LogP contribution in [0.3, 0.4) is 0 Å². The van der Waals surface area contributed by atoms with Crippen LogP contribution in [0.1, 0.15) is 28.8 Å². The molecule has 106 valence electrons. The molecule has 1 atom stereocenters. The van der Waals surface area contributed by atoms with Gasteiger partial charge in [0.2, 0.25) is 0 Å². The molecule has 4 nitrogen and oxygen atoms in total. The fraction of sp³-hybridized carbons (Fsp3) is 0.500. The van der Waals surface area contributed by atoms with Crippen molar-refractivity contribution in [1.29, 1.82) is 0 Å². The lowest BCUT2D eigenvalue weighted by molar-refractivity contribution is 0.0675. The second kappa shape index (κ2) is 6.78. The third-order valence-electron chi connectivity index (χ3n) is 3.52. The zero-order chi connectivity index (χ0) is 13.1. The Bertz CT molecular complexity index is 451. The molecule has 1 aliphatic heterocycles. The lowest BCUT2D eigenvalue weighted by Crippen LogP contribution is -2.42. The third kappa shape index (κ3) is 3.61. The summed E-state index contributed by atoms with van der Waals surface area (Å²) >= 11 is 0. The highest BCUT2D eigenvalue weighted by molar-refractivity contribution is 5.97. The summed E-state index contributed by atoms with van der Waals surface area (Å²) < 4.78 is 0. The van der Waals surface area contributed by atoms with Gasteiger partial charge in [0.1, 0.15) is 5.75 Å². The normalized spacial score (nSPS) is 18.8. The van der Waals surface area contributed by atoms with Crippen LogP contribution < -0.4 is 5.73 Å². The minimum absolute atomic E-state index is 0. The Morgan fingerprint density at radius 2 is 2.26 bits per heavy atom. The van der Waals surface area contributed by atoms with Crippen LogP contribution in [0.4, 0.5) is 0 Å². The summed E-state index contributed by atoms with van der Waals surface area (Å²) in [6, 6.07) is 5.11. The zero-order valence-corrected chi connectivity index (χ0v) is 11.9. The van der Waals surface area contributed by atoms with Crippen molar-refractivity contribution in [3.63, 3.8) is 0 Å². The molecule has 1 fully saturated rings. The van der Waals surface area contributed by atoms with Gasteiger partial charge in [0, 0.05) is 13.1 Å². The number of phenolic OH excluding ortho intramolecular Hbond substituents is 1. The molecular weight excluding hydrogens is 264 g/mol. The van der Waals surface area contributed by atoms with Gasteiger partial charge in [0.15, 0.2) is 0 Å². The summed E-state index contributed by atoms with van der Waals surface area (Å²) in [7, 11) is 0. The molecule has 1 amide bonds. The number of carbonyl (C=O) groups excluding carboxylic acids is 1. The topological polar surface area (TPSA) is 66.6 Å². The van der Waals surface area contributed by atoms with Gasteiger partial charge in [0.25, 0.3) is 5.91 Å². The first-order chi connectivity index (χ1) is 8.61. The molecule has 2 rings (SSSR count). The summed E-state index contributed by atoms with van der Waals surface area (Å²) in [5, 5.41) is 9.79. The van der Waals surface area contributed by atoms with E-state index in [2.05, 4.69) is 0 Å². The molecule has 1 saturated heterocycles. The maximum atomic E-state index is 12.4. The highest BCUT2D eigenvalue weighted by atomic mass is 35.5. The number of carbonyl (C=O) groups is 1. The standard InChI is InChI=1S/C14H20N2O2.ClH/c1-10-4-5-13(17)12(7-10)14(18)16-6-2-3-11(8-15)9-16;/h4-5,7,11,17H,2-3,6,8-9,15H2,1H3;1H. The molecular formula is C14H21ClN2O2. The van der Waals surface area contributed by atoms with E-state index in [0.29, 0.717) is 24.6 Å². The molecule has 1 aromatic carbocycles. The van der Waals surface area contributed by atoms with Crippen molar-refractivity contribution in [3.8, 4) is 5.75 Å². The number of aromatic hydroxyl groups is 1. The second-order valence-corrected chi connectivity index (χ2v) is 5.02. The van der Waals surface area contributed by atoms with E-state index in [1.54, 1.807) is 23.1 Å². The van der Waals surface area contributed by atoms with Crippen LogP contribution in [0.15, 0.2) is 18.2 Å². The molecule has 0 aliphatic carbocycles. The van der Waals surface area contributed by atoms with E-state index in [9.17, 15) is 9.90 Å². The van der Waals surface area contributed by atoms with Crippen molar-refractivity contribution in [2.45, 2.75) is 19.8 Å². The lowest BCUT2D eigenvalue weighted by atomic mass is 9.97. The van der Waals surface area contributed by atoms with Crippen LogP contribution in [0.5, 0.6) is 5.75 Å². The van der Waals surface area contributed by atoms with Crippen molar-refractivity contribution in [2.75, 3.05) is 19.6 Å². The van der Waals surface area contributed by atoms with E-state index < -0.39 is 0 Å². The van der Waals surface area contributed by atoms with Gasteiger partial charge < -0.3 is 15.7 Å². The predicted molar refractivity (Wildman–Crippen MR) is 77.8 cm³/mol. The molecule has 1 aromatic rings. The van der Waals surface area contributed by atoms with Crippen LogP contribution in [-0.2, 0) is 0 Å². The maximum absolute atomic E-state index is 12.4. The van der Waals surface area contributed by atoms with Crippen molar-refractivity contribution in [2.24, 2.45) is 11.7 Å². The Morgan fingerprint density at radius 1 is 1.53 bits per heavy atom. The predicted octanol–water partition coefficient (Wildman–Crippen LogP) is 1.93. The summed E-state index contributed by atoms with van der Waals surface area (Å²) in [5.41, 5.74) is 7.04. The third-order valence-corrected chi connectivity index (χ3v) is 3.52. The van der Waals surface area contributed by atoms with Crippen LogP contribution in [-0.4, -0.2) is 35.5 Å². The first-order valence-electron chi connectivity index (χ1n) is 6.40. The van der Waals surface area contributed by atoms with Crippen molar-refractivity contribution in [3.05, 3.63) is 29.3 Å². The number of phenols is 1. The van der Waals surface area contributed by atoms with E-state index in [1.807, 2.05) is 6.92 Å². The van der Waals surface area contributed by atoms with E-state index in [1.165, 1.54) is 0 Å². The van der Waals surface area contributed by atoms with Crippen molar-refractivity contribution in [1.82, 2.24) is 4.90 Å². The van der Waals surface area contributed by atoms with Crippen LogP contribution in [0, 0.1) is 12.8 Å². The fourth-order valence-corrected chi connectivity index (χ4v) is 2.43. The molecule has 1 aliphatic rings. The van der Waals surface area contributed by atoms with Gasteiger partial charge in [-0.1, -0.05) is 11.6 Å². The Kier molecular flexibility index (Phi) is 5.63. The van der Waals surface area contributed by atoms with Gasteiger partial charge in [-0.3, -0.25) is 4.79 Å². The van der Waals surface area contributed by atoms with E-state index in [0.717, 1.165) is 24.9 Å². The van der Waals surface area contributed by atoms with E-state index in [-0.39, 0.29) is 24.1 Å². The smallest absolute Gasteiger partial charge is 0.257 e. The largest absolute Gasteiger partial charge is 0.507 e. The molecule has 0 saturated carbocycles. The molecule has 0 aromatic heterocycles.